The van der Waals surface area contributed by atoms with Crippen LogP contribution in [0.2, 0.25) is 0 Å². The van der Waals surface area contributed by atoms with Crippen LogP contribution >= 0.6 is 12.4 Å². The Bertz CT molecular complexity index is 560. The number of nitrogens with one attached hydrogen (secondary N) is 1. The molecule has 0 saturated carbocycles. The quantitative estimate of drug-likeness (QED) is 0.856. The van der Waals surface area contributed by atoms with Crippen molar-refractivity contribution in [3.8, 4) is 0 Å². The second-order valence-electron chi connectivity index (χ2n) is 7.24. The third kappa shape index (κ3) is 3.41. The molecule has 23 heavy (non-hydrogen) atoms. The summed E-state index contributed by atoms with van der Waals surface area (Å²) < 4.78 is 0. The molecule has 2 aliphatic heterocycles. The van der Waals surface area contributed by atoms with E-state index in [0.717, 1.165) is 62.8 Å². The molecule has 2 atom stereocenters. The zero-order valence-corrected chi connectivity index (χ0v) is 14.5. The van der Waals surface area contributed by atoms with Crippen molar-refractivity contribution in [2.75, 3.05) is 26.2 Å². The summed E-state index contributed by atoms with van der Waals surface area (Å²) in [6, 6.07) is 6.42. The predicted molar refractivity (Wildman–Crippen MR) is 95.3 cm³/mol. The van der Waals surface area contributed by atoms with E-state index in [2.05, 4.69) is 28.4 Å². The highest BCUT2D eigenvalue weighted by Crippen LogP contribution is 2.28. The number of benzene rings is 1. The lowest BCUT2D eigenvalue weighted by Gasteiger charge is -2.22. The molecule has 3 aliphatic rings. The Morgan fingerprint density at radius 1 is 1.00 bits per heavy atom. The van der Waals surface area contributed by atoms with Gasteiger partial charge >= 0.3 is 0 Å². The molecule has 3 nitrogen and oxygen atoms in total. The van der Waals surface area contributed by atoms with E-state index < -0.39 is 0 Å². The lowest BCUT2D eigenvalue weighted by molar-refractivity contribution is 0.0758. The van der Waals surface area contributed by atoms with Crippen molar-refractivity contribution in [2.45, 2.75) is 38.5 Å². The van der Waals surface area contributed by atoms with E-state index in [1.165, 1.54) is 30.4 Å². The van der Waals surface area contributed by atoms with Crippen LogP contribution in [0, 0.1) is 11.8 Å². The van der Waals surface area contributed by atoms with Crippen LogP contribution in [0.4, 0.5) is 0 Å². The van der Waals surface area contributed by atoms with Crippen molar-refractivity contribution >= 4 is 18.3 Å². The van der Waals surface area contributed by atoms with Crippen molar-refractivity contribution in [3.63, 3.8) is 0 Å². The van der Waals surface area contributed by atoms with Gasteiger partial charge in [-0.05, 0) is 86.7 Å². The molecule has 1 amide bonds. The fourth-order valence-electron chi connectivity index (χ4n) is 4.47. The molecular weight excluding hydrogens is 308 g/mol. The van der Waals surface area contributed by atoms with Gasteiger partial charge in [0.15, 0.2) is 0 Å². The highest BCUT2D eigenvalue weighted by atomic mass is 35.5. The topological polar surface area (TPSA) is 32.3 Å². The first-order valence-corrected chi connectivity index (χ1v) is 8.93. The van der Waals surface area contributed by atoms with Crippen molar-refractivity contribution in [1.82, 2.24) is 10.2 Å². The first-order chi connectivity index (χ1) is 10.8. The number of carbonyl (C=O) groups is 1. The molecule has 0 radical (unpaired) electrons. The minimum absolute atomic E-state index is 0. The molecule has 1 N–H and O–H groups in total. The van der Waals surface area contributed by atoms with Gasteiger partial charge in [0.2, 0.25) is 0 Å². The predicted octanol–water partition coefficient (Wildman–Crippen LogP) is 3.06. The summed E-state index contributed by atoms with van der Waals surface area (Å²) in [5, 5.41) is 3.50. The molecule has 1 aromatic rings. The number of carbonyl (C=O) groups excluding carboxylic acids is 1. The first-order valence-electron chi connectivity index (χ1n) is 8.93. The minimum Gasteiger partial charge on any atom is -0.339 e. The molecule has 1 aromatic carbocycles. The normalized spacial score (nSPS) is 26.7. The molecule has 126 valence electrons. The van der Waals surface area contributed by atoms with Crippen molar-refractivity contribution in [3.05, 3.63) is 34.9 Å². The third-order valence-corrected chi connectivity index (χ3v) is 5.90. The molecule has 2 heterocycles. The molecule has 2 saturated heterocycles. The van der Waals surface area contributed by atoms with Crippen LogP contribution < -0.4 is 5.32 Å². The maximum absolute atomic E-state index is 12.9. The third-order valence-electron chi connectivity index (χ3n) is 5.90. The fourth-order valence-corrected chi connectivity index (χ4v) is 4.47. The van der Waals surface area contributed by atoms with E-state index >= 15 is 0 Å². The van der Waals surface area contributed by atoms with Crippen LogP contribution in [0.15, 0.2) is 18.2 Å². The maximum Gasteiger partial charge on any atom is 0.253 e. The van der Waals surface area contributed by atoms with Crippen LogP contribution in [0.25, 0.3) is 0 Å². The second kappa shape index (κ2) is 7.23. The Balaban J connectivity index is 0.00000156. The van der Waals surface area contributed by atoms with E-state index in [1.807, 2.05) is 0 Å². The van der Waals surface area contributed by atoms with E-state index in [0.29, 0.717) is 0 Å². The average molecular weight is 335 g/mol. The molecule has 0 aromatic heterocycles. The van der Waals surface area contributed by atoms with E-state index in [9.17, 15) is 4.79 Å². The number of rotatable bonds is 1. The van der Waals surface area contributed by atoms with Gasteiger partial charge < -0.3 is 10.2 Å². The van der Waals surface area contributed by atoms with Gasteiger partial charge in [-0.1, -0.05) is 6.07 Å². The summed E-state index contributed by atoms with van der Waals surface area (Å²) in [5.41, 5.74) is 3.78. The number of halogens is 1. The summed E-state index contributed by atoms with van der Waals surface area (Å²) in [6.07, 6.45) is 7.22. The van der Waals surface area contributed by atoms with Crippen molar-refractivity contribution in [2.24, 2.45) is 11.8 Å². The van der Waals surface area contributed by atoms with Gasteiger partial charge in [-0.3, -0.25) is 4.79 Å². The zero-order chi connectivity index (χ0) is 14.9. The Kier molecular flexibility index (Phi) is 5.27. The Morgan fingerprint density at radius 3 is 2.35 bits per heavy atom. The number of fused-ring (bicyclic) bond motifs is 2. The summed E-state index contributed by atoms with van der Waals surface area (Å²) in [6.45, 7) is 4.15. The fraction of sp³-hybridized carbons (Fsp3) is 0.632. The standard InChI is InChI=1S/C19H26N2O.ClH/c22-19(16-6-5-14-3-1-2-4-15(14)11-16)21-9-7-17-12-20-13-18(17)8-10-21;/h5-6,11,17-18,20H,1-4,7-10,12-13H2;1H/t17-,18+;. The lowest BCUT2D eigenvalue weighted by atomic mass is 9.90. The van der Waals surface area contributed by atoms with E-state index in [-0.39, 0.29) is 18.3 Å². The summed E-state index contributed by atoms with van der Waals surface area (Å²) in [5.74, 6) is 1.81. The van der Waals surface area contributed by atoms with Gasteiger partial charge in [0, 0.05) is 18.7 Å². The van der Waals surface area contributed by atoms with Gasteiger partial charge in [0.05, 0.1) is 0 Å². The molecular formula is C19H27ClN2O. The minimum atomic E-state index is 0. The van der Waals surface area contributed by atoms with Gasteiger partial charge in [0.25, 0.3) is 5.91 Å². The van der Waals surface area contributed by atoms with E-state index in [4.69, 9.17) is 0 Å². The largest absolute Gasteiger partial charge is 0.339 e. The summed E-state index contributed by atoms with van der Waals surface area (Å²) in [7, 11) is 0. The number of hydrogen-bond acceptors (Lipinski definition) is 2. The lowest BCUT2D eigenvalue weighted by Crippen LogP contribution is -2.32. The molecule has 0 bridgehead atoms. The molecule has 4 rings (SSSR count). The van der Waals surface area contributed by atoms with Gasteiger partial charge in [-0.15, -0.1) is 12.4 Å². The Morgan fingerprint density at radius 2 is 1.65 bits per heavy atom. The van der Waals surface area contributed by atoms with Gasteiger partial charge in [0.1, 0.15) is 0 Å². The molecule has 4 heteroatoms. The second-order valence-corrected chi connectivity index (χ2v) is 7.24. The first kappa shape index (κ1) is 16.8. The number of amides is 1. The molecule has 1 aliphatic carbocycles. The van der Waals surface area contributed by atoms with Crippen LogP contribution in [-0.2, 0) is 12.8 Å². The van der Waals surface area contributed by atoms with Crippen LogP contribution in [0.3, 0.4) is 0 Å². The summed E-state index contributed by atoms with van der Waals surface area (Å²) in [4.78, 5) is 15.0. The van der Waals surface area contributed by atoms with Gasteiger partial charge in [-0.2, -0.15) is 0 Å². The van der Waals surface area contributed by atoms with Crippen molar-refractivity contribution < 1.29 is 4.79 Å². The highest BCUT2D eigenvalue weighted by molar-refractivity contribution is 5.94. The molecule has 0 spiro atoms. The zero-order valence-electron chi connectivity index (χ0n) is 13.7. The van der Waals surface area contributed by atoms with Crippen LogP contribution in [-0.4, -0.2) is 37.0 Å². The number of aryl methyl sites for hydroxylation is 2. The number of likely N-dealkylation sites (tertiary alicyclic amines) is 1. The Labute approximate surface area is 145 Å². The summed E-state index contributed by atoms with van der Waals surface area (Å²) >= 11 is 0. The Hall–Kier alpha value is -1.06. The molecule has 0 unspecified atom stereocenters. The highest BCUT2D eigenvalue weighted by Gasteiger charge is 2.31. The van der Waals surface area contributed by atoms with Gasteiger partial charge in [-0.25, -0.2) is 0 Å². The maximum atomic E-state index is 12.9. The monoisotopic (exact) mass is 334 g/mol. The average Bonchev–Trinajstić information content (AvgIpc) is 2.92. The smallest absolute Gasteiger partial charge is 0.253 e. The van der Waals surface area contributed by atoms with Crippen LogP contribution in [0.5, 0.6) is 0 Å². The number of hydrogen-bond donors (Lipinski definition) is 1. The van der Waals surface area contributed by atoms with Crippen molar-refractivity contribution in [1.29, 1.82) is 0 Å². The SMILES string of the molecule is Cl.O=C(c1ccc2c(c1)CCCC2)N1CC[C@@H]2CNC[C@@H]2CC1. The van der Waals surface area contributed by atoms with Crippen LogP contribution in [0.1, 0.15) is 47.2 Å². The number of nitrogens with zero attached hydrogens (tertiary/aromatic N) is 1. The van der Waals surface area contributed by atoms with E-state index in [1.54, 1.807) is 0 Å². The molecule has 2 fully saturated rings.